The molecule has 2 rings (SSSR count). The van der Waals surface area contributed by atoms with E-state index in [1.54, 1.807) is 7.11 Å². The average molecular weight is 298 g/mol. The van der Waals surface area contributed by atoms with Gasteiger partial charge in [-0.15, -0.1) is 0 Å². The largest absolute Gasteiger partial charge is 0.380 e. The van der Waals surface area contributed by atoms with E-state index in [2.05, 4.69) is 39.4 Å². The van der Waals surface area contributed by atoms with Gasteiger partial charge in [0, 0.05) is 11.6 Å². The monoisotopic (exact) mass is 297 g/mol. The molecule has 1 heterocycles. The summed E-state index contributed by atoms with van der Waals surface area (Å²) in [5.74, 6) is 0.795. The van der Waals surface area contributed by atoms with Crippen LogP contribution < -0.4 is 5.32 Å². The average Bonchev–Trinajstić information content (AvgIpc) is 2.34. The van der Waals surface area contributed by atoms with Crippen molar-refractivity contribution in [2.24, 2.45) is 5.92 Å². The Morgan fingerprint density at radius 1 is 1.47 bits per heavy atom. The first-order valence-corrected chi connectivity index (χ1v) is 7.06. The molecule has 0 saturated carbocycles. The molecular formula is C14H20BrNO. The lowest BCUT2D eigenvalue weighted by molar-refractivity contribution is 0.184. The second-order valence-electron chi connectivity index (χ2n) is 4.78. The predicted molar refractivity (Wildman–Crippen MR) is 74.2 cm³/mol. The molecule has 0 amide bonds. The summed E-state index contributed by atoms with van der Waals surface area (Å²) < 4.78 is 6.33. The van der Waals surface area contributed by atoms with E-state index in [4.69, 9.17) is 4.74 Å². The minimum absolute atomic E-state index is 0.672. The van der Waals surface area contributed by atoms with E-state index in [0.29, 0.717) is 6.61 Å². The van der Waals surface area contributed by atoms with Gasteiger partial charge in [-0.3, -0.25) is 0 Å². The van der Waals surface area contributed by atoms with Crippen molar-refractivity contribution in [3.8, 4) is 0 Å². The summed E-state index contributed by atoms with van der Waals surface area (Å²) in [6.07, 6.45) is 3.84. The molecule has 1 unspecified atom stereocenters. The highest BCUT2D eigenvalue weighted by Gasteiger charge is 2.13. The zero-order valence-corrected chi connectivity index (χ0v) is 11.9. The van der Waals surface area contributed by atoms with Crippen LogP contribution in [0, 0.1) is 5.92 Å². The molecule has 1 aromatic carbocycles. The SMILES string of the molecule is COCc1ccc(CC2CCCNC2)cc1Br. The molecule has 2 nitrogen and oxygen atoms in total. The number of halogens is 1. The summed E-state index contributed by atoms with van der Waals surface area (Å²) in [5, 5.41) is 3.47. The van der Waals surface area contributed by atoms with Gasteiger partial charge in [0.25, 0.3) is 0 Å². The normalized spacial score (nSPS) is 20.5. The summed E-state index contributed by atoms with van der Waals surface area (Å²) in [6, 6.07) is 6.63. The van der Waals surface area contributed by atoms with E-state index >= 15 is 0 Å². The molecular weight excluding hydrogens is 278 g/mol. The fourth-order valence-corrected chi connectivity index (χ4v) is 2.96. The number of methoxy groups -OCH3 is 1. The van der Waals surface area contributed by atoms with Gasteiger partial charge in [-0.1, -0.05) is 28.1 Å². The van der Waals surface area contributed by atoms with Crippen LogP contribution in [0.15, 0.2) is 22.7 Å². The Morgan fingerprint density at radius 3 is 3.00 bits per heavy atom. The van der Waals surface area contributed by atoms with E-state index in [1.807, 2.05) is 0 Å². The minimum Gasteiger partial charge on any atom is -0.380 e. The number of nitrogens with one attached hydrogen (secondary N) is 1. The van der Waals surface area contributed by atoms with Gasteiger partial charge in [0.1, 0.15) is 0 Å². The first-order chi connectivity index (χ1) is 8.29. The summed E-state index contributed by atoms with van der Waals surface area (Å²) >= 11 is 3.62. The molecule has 1 saturated heterocycles. The van der Waals surface area contributed by atoms with Crippen molar-refractivity contribution in [3.63, 3.8) is 0 Å². The Morgan fingerprint density at radius 2 is 2.35 bits per heavy atom. The van der Waals surface area contributed by atoms with Crippen molar-refractivity contribution >= 4 is 15.9 Å². The third-order valence-electron chi connectivity index (χ3n) is 3.34. The van der Waals surface area contributed by atoms with E-state index in [1.165, 1.54) is 41.4 Å². The van der Waals surface area contributed by atoms with Crippen LogP contribution in [0.25, 0.3) is 0 Å². The van der Waals surface area contributed by atoms with Gasteiger partial charge in [0.2, 0.25) is 0 Å². The van der Waals surface area contributed by atoms with Gasteiger partial charge in [-0.25, -0.2) is 0 Å². The highest BCUT2D eigenvalue weighted by atomic mass is 79.9. The van der Waals surface area contributed by atoms with Crippen molar-refractivity contribution in [2.75, 3.05) is 20.2 Å². The molecule has 1 aliphatic rings. The highest BCUT2D eigenvalue weighted by Crippen LogP contribution is 2.23. The van der Waals surface area contributed by atoms with Crippen LogP contribution >= 0.6 is 15.9 Å². The van der Waals surface area contributed by atoms with Gasteiger partial charge in [-0.2, -0.15) is 0 Å². The molecule has 0 aliphatic carbocycles. The first kappa shape index (κ1) is 13.1. The summed E-state index contributed by atoms with van der Waals surface area (Å²) in [6.45, 7) is 3.02. The van der Waals surface area contributed by atoms with Gasteiger partial charge in [-0.05, 0) is 55.5 Å². The lowest BCUT2D eigenvalue weighted by atomic mass is 9.92. The molecule has 1 aromatic rings. The molecule has 0 bridgehead atoms. The van der Waals surface area contributed by atoms with E-state index in [-0.39, 0.29) is 0 Å². The number of benzene rings is 1. The van der Waals surface area contributed by atoms with Crippen LogP contribution in [0.5, 0.6) is 0 Å². The Bertz CT molecular complexity index is 361. The number of hydrogen-bond donors (Lipinski definition) is 1. The molecule has 3 heteroatoms. The first-order valence-electron chi connectivity index (χ1n) is 6.26. The zero-order valence-electron chi connectivity index (χ0n) is 10.3. The molecule has 0 aromatic heterocycles. The number of piperidine rings is 1. The van der Waals surface area contributed by atoms with Gasteiger partial charge < -0.3 is 10.1 Å². The van der Waals surface area contributed by atoms with Crippen LogP contribution in [0.1, 0.15) is 24.0 Å². The molecule has 1 atom stereocenters. The Hall–Kier alpha value is -0.380. The van der Waals surface area contributed by atoms with Gasteiger partial charge >= 0.3 is 0 Å². The molecule has 0 spiro atoms. The molecule has 1 N–H and O–H groups in total. The van der Waals surface area contributed by atoms with Gasteiger partial charge in [0.05, 0.1) is 6.61 Å². The van der Waals surface area contributed by atoms with Crippen molar-refractivity contribution in [1.29, 1.82) is 0 Å². The van der Waals surface area contributed by atoms with Crippen LogP contribution in [-0.4, -0.2) is 20.2 Å². The van der Waals surface area contributed by atoms with Gasteiger partial charge in [0.15, 0.2) is 0 Å². The highest BCUT2D eigenvalue weighted by molar-refractivity contribution is 9.10. The molecule has 94 valence electrons. The number of ether oxygens (including phenoxy) is 1. The van der Waals surface area contributed by atoms with Crippen molar-refractivity contribution in [2.45, 2.75) is 25.9 Å². The summed E-state index contributed by atoms with van der Waals surface area (Å²) in [4.78, 5) is 0. The second kappa shape index (κ2) is 6.53. The van der Waals surface area contributed by atoms with Crippen molar-refractivity contribution in [1.82, 2.24) is 5.32 Å². The van der Waals surface area contributed by atoms with E-state index in [0.717, 1.165) is 12.5 Å². The Kier molecular flexibility index (Phi) is 5.01. The zero-order chi connectivity index (χ0) is 12.1. The lowest BCUT2D eigenvalue weighted by Crippen LogP contribution is -2.30. The maximum Gasteiger partial charge on any atom is 0.0724 e. The number of hydrogen-bond acceptors (Lipinski definition) is 2. The third-order valence-corrected chi connectivity index (χ3v) is 4.08. The van der Waals surface area contributed by atoms with E-state index in [9.17, 15) is 0 Å². The fraction of sp³-hybridized carbons (Fsp3) is 0.571. The summed E-state index contributed by atoms with van der Waals surface area (Å²) in [7, 11) is 1.73. The van der Waals surface area contributed by atoms with E-state index < -0.39 is 0 Å². The standard InChI is InChI=1S/C14H20BrNO/c1-17-10-13-5-4-11(8-14(13)15)7-12-3-2-6-16-9-12/h4-5,8,12,16H,2-3,6-7,9-10H2,1H3. The van der Waals surface area contributed by atoms with Crippen LogP contribution in [-0.2, 0) is 17.8 Å². The van der Waals surface area contributed by atoms with Crippen LogP contribution in [0.3, 0.4) is 0 Å². The van der Waals surface area contributed by atoms with Crippen LogP contribution in [0.2, 0.25) is 0 Å². The Balaban J connectivity index is 1.98. The molecule has 1 fully saturated rings. The van der Waals surface area contributed by atoms with Crippen molar-refractivity contribution in [3.05, 3.63) is 33.8 Å². The maximum absolute atomic E-state index is 5.16. The number of rotatable bonds is 4. The third kappa shape index (κ3) is 3.80. The molecule has 1 aliphatic heterocycles. The second-order valence-corrected chi connectivity index (χ2v) is 5.63. The van der Waals surface area contributed by atoms with Crippen LogP contribution in [0.4, 0.5) is 0 Å². The molecule has 17 heavy (non-hydrogen) atoms. The summed E-state index contributed by atoms with van der Waals surface area (Å²) in [5.41, 5.74) is 2.64. The topological polar surface area (TPSA) is 21.3 Å². The Labute approximate surface area is 112 Å². The molecule has 0 radical (unpaired) electrons. The lowest BCUT2D eigenvalue weighted by Gasteiger charge is -2.22. The van der Waals surface area contributed by atoms with Crippen molar-refractivity contribution < 1.29 is 4.74 Å². The maximum atomic E-state index is 5.16. The predicted octanol–water partition coefficient (Wildman–Crippen LogP) is 3.14. The smallest absolute Gasteiger partial charge is 0.0724 e. The quantitative estimate of drug-likeness (QED) is 0.922. The fourth-order valence-electron chi connectivity index (χ4n) is 2.42. The minimum atomic E-state index is 0.672.